The smallest absolute Gasteiger partial charge is 0.225 e. The van der Waals surface area contributed by atoms with Crippen LogP contribution in [0.3, 0.4) is 0 Å². The first kappa shape index (κ1) is 15.9. The van der Waals surface area contributed by atoms with Crippen molar-refractivity contribution in [1.29, 1.82) is 0 Å². The number of hydrogen-bond donors (Lipinski definition) is 0. The molecule has 1 aromatic heterocycles. The van der Waals surface area contributed by atoms with Gasteiger partial charge in [0.25, 0.3) is 0 Å². The molecular weight excluding hydrogens is 292 g/mol. The molecule has 3 rings (SSSR count). The van der Waals surface area contributed by atoms with Crippen LogP contribution in [0.15, 0.2) is 24.4 Å². The zero-order valence-corrected chi connectivity index (χ0v) is 13.8. The Kier molecular flexibility index (Phi) is 4.91. The summed E-state index contributed by atoms with van der Waals surface area (Å²) in [5.74, 6) is 1.28. The molecule has 0 bridgehead atoms. The van der Waals surface area contributed by atoms with E-state index in [9.17, 15) is 4.79 Å². The van der Waals surface area contributed by atoms with Crippen molar-refractivity contribution in [2.45, 2.75) is 25.4 Å². The second-order valence-corrected chi connectivity index (χ2v) is 6.34. The molecule has 124 valence electrons. The molecule has 0 radical (unpaired) electrons. The van der Waals surface area contributed by atoms with Crippen molar-refractivity contribution in [2.75, 3.05) is 38.7 Å². The molecule has 0 N–H and O–H groups in total. The highest BCUT2D eigenvalue weighted by Gasteiger charge is 2.28. The van der Waals surface area contributed by atoms with Crippen LogP contribution >= 0.6 is 0 Å². The maximum absolute atomic E-state index is 12.5. The van der Waals surface area contributed by atoms with E-state index < -0.39 is 0 Å². The Morgan fingerprint density at radius 1 is 1.48 bits per heavy atom. The highest BCUT2D eigenvalue weighted by atomic mass is 16.5. The van der Waals surface area contributed by atoms with Gasteiger partial charge in [-0.1, -0.05) is 12.2 Å². The number of morpholine rings is 1. The van der Waals surface area contributed by atoms with E-state index >= 15 is 0 Å². The number of allylic oxidation sites excluding steroid dienone is 2. The van der Waals surface area contributed by atoms with Crippen LogP contribution in [-0.2, 0) is 9.53 Å². The molecule has 1 aliphatic carbocycles. The number of hydrogen-bond acceptors (Lipinski definition) is 5. The van der Waals surface area contributed by atoms with E-state index in [1.807, 2.05) is 30.0 Å². The number of ether oxygens (including phenoxy) is 1. The minimum atomic E-state index is -0.173. The third-order valence-corrected chi connectivity index (χ3v) is 4.36. The monoisotopic (exact) mass is 316 g/mol. The summed E-state index contributed by atoms with van der Waals surface area (Å²) in [5.41, 5.74) is 0.835. The fourth-order valence-corrected chi connectivity index (χ4v) is 3.03. The van der Waals surface area contributed by atoms with Gasteiger partial charge in [-0.15, -0.1) is 0 Å². The summed E-state index contributed by atoms with van der Waals surface area (Å²) in [6.07, 6.45) is 8.71. The van der Waals surface area contributed by atoms with Crippen LogP contribution in [0.5, 0.6) is 0 Å². The number of anilines is 1. The van der Waals surface area contributed by atoms with Gasteiger partial charge in [-0.25, -0.2) is 9.97 Å². The van der Waals surface area contributed by atoms with Crippen LogP contribution in [0.1, 0.15) is 31.1 Å². The average Bonchev–Trinajstić information content (AvgIpc) is 3.08. The van der Waals surface area contributed by atoms with Gasteiger partial charge in [0.1, 0.15) is 6.10 Å². The van der Waals surface area contributed by atoms with Crippen molar-refractivity contribution in [1.82, 2.24) is 14.9 Å². The van der Waals surface area contributed by atoms with Gasteiger partial charge in [0.15, 0.2) is 0 Å². The fraction of sp³-hybridized carbons (Fsp3) is 0.588. The van der Waals surface area contributed by atoms with Gasteiger partial charge >= 0.3 is 0 Å². The lowest BCUT2D eigenvalue weighted by Crippen LogP contribution is -2.43. The molecule has 0 spiro atoms. The summed E-state index contributed by atoms with van der Waals surface area (Å²) in [7, 11) is 3.82. The number of nitrogens with zero attached hydrogens (tertiary/aromatic N) is 4. The number of carbonyl (C=O) groups excluding carboxylic acids is 1. The van der Waals surface area contributed by atoms with Gasteiger partial charge in [-0.05, 0) is 24.8 Å². The first-order valence-corrected chi connectivity index (χ1v) is 8.20. The Balaban J connectivity index is 1.64. The molecule has 2 aliphatic rings. The second kappa shape index (κ2) is 7.08. The molecule has 0 saturated carbocycles. The van der Waals surface area contributed by atoms with E-state index in [0.717, 1.165) is 18.5 Å². The zero-order chi connectivity index (χ0) is 16.2. The van der Waals surface area contributed by atoms with Gasteiger partial charge < -0.3 is 14.5 Å². The third kappa shape index (κ3) is 3.88. The third-order valence-electron chi connectivity index (χ3n) is 4.36. The lowest BCUT2D eigenvalue weighted by atomic mass is 10.0. The van der Waals surface area contributed by atoms with Crippen LogP contribution in [0.2, 0.25) is 0 Å². The number of amides is 1. The van der Waals surface area contributed by atoms with Crippen molar-refractivity contribution in [3.05, 3.63) is 30.1 Å². The van der Waals surface area contributed by atoms with Crippen molar-refractivity contribution in [2.24, 2.45) is 5.92 Å². The highest BCUT2D eigenvalue weighted by molar-refractivity contribution is 5.76. The Morgan fingerprint density at radius 2 is 2.35 bits per heavy atom. The van der Waals surface area contributed by atoms with Crippen LogP contribution in [0, 0.1) is 5.92 Å². The molecular formula is C17H24N4O2. The molecule has 1 aromatic rings. The molecule has 6 nitrogen and oxygen atoms in total. The predicted molar refractivity (Wildman–Crippen MR) is 88.1 cm³/mol. The highest BCUT2D eigenvalue weighted by Crippen LogP contribution is 2.25. The molecule has 0 aromatic carbocycles. The second-order valence-electron chi connectivity index (χ2n) is 6.34. The first-order chi connectivity index (χ1) is 11.1. The van der Waals surface area contributed by atoms with Crippen LogP contribution in [0.4, 0.5) is 5.95 Å². The standard InChI is InChI=1S/C17H24N4O2/c1-20(2)17-18-8-7-14(19-17)15-12-21(9-10-23-15)16(22)11-13-5-3-4-6-13/h3,5,7-8,13,15H,4,6,9-12H2,1-2H3/t13-,15+/m1/s1. The van der Waals surface area contributed by atoms with E-state index in [1.165, 1.54) is 0 Å². The molecule has 2 heterocycles. The first-order valence-electron chi connectivity index (χ1n) is 8.20. The summed E-state index contributed by atoms with van der Waals surface area (Å²) in [6.45, 7) is 1.79. The molecule has 1 amide bonds. The Hall–Kier alpha value is -1.95. The van der Waals surface area contributed by atoms with Gasteiger partial charge in [0.2, 0.25) is 11.9 Å². The van der Waals surface area contributed by atoms with E-state index in [2.05, 4.69) is 22.1 Å². The summed E-state index contributed by atoms with van der Waals surface area (Å²) in [6, 6.07) is 1.87. The van der Waals surface area contributed by atoms with Crippen LogP contribution in [-0.4, -0.2) is 54.6 Å². The summed E-state index contributed by atoms with van der Waals surface area (Å²) in [5, 5.41) is 0. The van der Waals surface area contributed by atoms with Crippen molar-refractivity contribution < 1.29 is 9.53 Å². The van der Waals surface area contributed by atoms with Crippen molar-refractivity contribution in [3.8, 4) is 0 Å². The topological polar surface area (TPSA) is 58.6 Å². The number of rotatable bonds is 4. The maximum atomic E-state index is 12.5. The Labute approximate surface area is 137 Å². The summed E-state index contributed by atoms with van der Waals surface area (Å²) >= 11 is 0. The van der Waals surface area contributed by atoms with E-state index in [-0.39, 0.29) is 12.0 Å². The van der Waals surface area contributed by atoms with Gasteiger partial charge in [-0.2, -0.15) is 0 Å². The Bertz CT molecular complexity index is 588. The summed E-state index contributed by atoms with van der Waals surface area (Å²) < 4.78 is 5.83. The largest absolute Gasteiger partial charge is 0.368 e. The molecule has 2 atom stereocenters. The molecule has 1 fully saturated rings. The van der Waals surface area contributed by atoms with Crippen LogP contribution in [0.25, 0.3) is 0 Å². The predicted octanol–water partition coefficient (Wildman–Crippen LogP) is 1.80. The van der Waals surface area contributed by atoms with E-state index in [0.29, 0.717) is 38.0 Å². The average molecular weight is 316 g/mol. The Morgan fingerprint density at radius 3 is 3.09 bits per heavy atom. The molecule has 6 heteroatoms. The minimum Gasteiger partial charge on any atom is -0.368 e. The molecule has 1 aliphatic heterocycles. The number of aromatic nitrogens is 2. The van der Waals surface area contributed by atoms with E-state index in [1.54, 1.807) is 6.20 Å². The molecule has 1 saturated heterocycles. The minimum absolute atomic E-state index is 0.173. The normalized spacial score (nSPS) is 24.0. The SMILES string of the molecule is CN(C)c1nccc([C@@H]2CN(C(=O)C[C@@H]3C=CCC3)CCO2)n1. The van der Waals surface area contributed by atoms with Crippen molar-refractivity contribution >= 4 is 11.9 Å². The van der Waals surface area contributed by atoms with Crippen LogP contribution < -0.4 is 4.90 Å². The summed E-state index contributed by atoms with van der Waals surface area (Å²) in [4.78, 5) is 25.0. The van der Waals surface area contributed by atoms with Gasteiger partial charge in [0, 0.05) is 33.3 Å². The maximum Gasteiger partial charge on any atom is 0.225 e. The lowest BCUT2D eigenvalue weighted by Gasteiger charge is -2.33. The van der Waals surface area contributed by atoms with Crippen molar-refractivity contribution in [3.63, 3.8) is 0 Å². The zero-order valence-electron chi connectivity index (χ0n) is 13.8. The van der Waals surface area contributed by atoms with Gasteiger partial charge in [-0.3, -0.25) is 4.79 Å². The quantitative estimate of drug-likeness (QED) is 0.793. The molecule has 0 unspecified atom stereocenters. The fourth-order valence-electron chi connectivity index (χ4n) is 3.03. The van der Waals surface area contributed by atoms with E-state index in [4.69, 9.17) is 4.74 Å². The van der Waals surface area contributed by atoms with Gasteiger partial charge in [0.05, 0.1) is 18.8 Å². The lowest BCUT2D eigenvalue weighted by molar-refractivity contribution is -0.139. The number of carbonyl (C=O) groups is 1. The molecule has 23 heavy (non-hydrogen) atoms.